The summed E-state index contributed by atoms with van der Waals surface area (Å²) in [6.07, 6.45) is -0.650. The van der Waals surface area contributed by atoms with Crippen molar-refractivity contribution in [1.29, 1.82) is 0 Å². The molecule has 0 aliphatic rings. The van der Waals surface area contributed by atoms with E-state index in [-0.39, 0.29) is 12.7 Å². The maximum Gasteiger partial charge on any atom is 0.150 e. The van der Waals surface area contributed by atoms with E-state index in [0.29, 0.717) is 6.29 Å². The molecular formula is C11H13NO3. The van der Waals surface area contributed by atoms with Crippen molar-refractivity contribution in [1.82, 2.24) is 0 Å². The number of aldehydes is 2. The average Bonchev–Trinajstić information content (AvgIpc) is 2.29. The van der Waals surface area contributed by atoms with Crippen LogP contribution in [-0.4, -0.2) is 29.3 Å². The normalized spacial score (nSPS) is 16.4. The van der Waals surface area contributed by atoms with E-state index in [2.05, 4.69) is 0 Å². The smallest absolute Gasteiger partial charge is 0.150 e. The predicted octanol–water partition coefficient (Wildman–Crippen LogP) is -0.315. The first-order chi connectivity index (χ1) is 7.12. The molecule has 15 heavy (non-hydrogen) atoms. The molecule has 0 spiro atoms. The van der Waals surface area contributed by atoms with E-state index in [1.165, 1.54) is 0 Å². The van der Waals surface area contributed by atoms with Crippen LogP contribution >= 0.6 is 0 Å². The molecule has 80 valence electrons. The Hall–Kier alpha value is -1.52. The monoisotopic (exact) mass is 207 g/mol. The lowest BCUT2D eigenvalue weighted by atomic mass is 9.88. The van der Waals surface area contributed by atoms with E-state index < -0.39 is 11.6 Å². The third-order valence-electron chi connectivity index (χ3n) is 2.25. The van der Waals surface area contributed by atoms with Crippen LogP contribution in [0.2, 0.25) is 0 Å². The Morgan fingerprint density at radius 2 is 1.93 bits per heavy atom. The third kappa shape index (κ3) is 2.71. The van der Waals surface area contributed by atoms with Crippen LogP contribution in [0.5, 0.6) is 0 Å². The van der Waals surface area contributed by atoms with Gasteiger partial charge in [0.05, 0.1) is 0 Å². The highest BCUT2D eigenvalue weighted by atomic mass is 16.3. The molecule has 0 aliphatic carbocycles. The highest BCUT2D eigenvalue weighted by molar-refractivity contribution is 5.74. The van der Waals surface area contributed by atoms with E-state index >= 15 is 0 Å². The number of carbonyl (C=O) groups excluding carboxylic acids is 2. The molecule has 1 aromatic rings. The van der Waals surface area contributed by atoms with Crippen molar-refractivity contribution in [2.75, 3.05) is 0 Å². The minimum atomic E-state index is -1.54. The molecule has 3 N–H and O–H groups in total. The van der Waals surface area contributed by atoms with E-state index in [9.17, 15) is 14.7 Å². The molecule has 4 heteroatoms. The van der Waals surface area contributed by atoms with E-state index in [4.69, 9.17) is 5.73 Å². The third-order valence-corrected chi connectivity index (χ3v) is 2.25. The van der Waals surface area contributed by atoms with Crippen molar-refractivity contribution in [3.8, 4) is 0 Å². The van der Waals surface area contributed by atoms with Crippen molar-refractivity contribution in [3.63, 3.8) is 0 Å². The first-order valence-corrected chi connectivity index (χ1v) is 4.55. The summed E-state index contributed by atoms with van der Waals surface area (Å²) in [5.74, 6) is 0. The van der Waals surface area contributed by atoms with Crippen molar-refractivity contribution >= 4 is 12.6 Å². The quantitative estimate of drug-likeness (QED) is 0.649. The number of rotatable bonds is 5. The summed E-state index contributed by atoms with van der Waals surface area (Å²) in [5, 5.41) is 9.31. The molecule has 0 bridgehead atoms. The molecular weight excluding hydrogens is 194 g/mol. The highest BCUT2D eigenvalue weighted by Crippen LogP contribution is 2.12. The zero-order valence-corrected chi connectivity index (χ0v) is 8.17. The van der Waals surface area contributed by atoms with Gasteiger partial charge in [0.2, 0.25) is 0 Å². The molecule has 0 radical (unpaired) electrons. The van der Waals surface area contributed by atoms with Gasteiger partial charge >= 0.3 is 0 Å². The van der Waals surface area contributed by atoms with Gasteiger partial charge in [0.25, 0.3) is 0 Å². The van der Waals surface area contributed by atoms with Crippen LogP contribution in [0.25, 0.3) is 0 Å². The van der Waals surface area contributed by atoms with Gasteiger partial charge in [0, 0.05) is 6.42 Å². The van der Waals surface area contributed by atoms with Crippen molar-refractivity contribution in [2.24, 2.45) is 5.73 Å². The minimum absolute atomic E-state index is 0.136. The number of hydrogen-bond acceptors (Lipinski definition) is 4. The van der Waals surface area contributed by atoms with Crippen LogP contribution < -0.4 is 5.73 Å². The molecule has 4 nitrogen and oxygen atoms in total. The van der Waals surface area contributed by atoms with Crippen LogP contribution in [0.4, 0.5) is 0 Å². The number of nitrogens with two attached hydrogens (primary N) is 1. The number of aliphatic hydroxyl groups is 1. The Morgan fingerprint density at radius 1 is 1.33 bits per heavy atom. The summed E-state index contributed by atoms with van der Waals surface area (Å²) in [4.78, 5) is 21.2. The largest absolute Gasteiger partial charge is 0.383 e. The van der Waals surface area contributed by atoms with Crippen LogP contribution in [0.15, 0.2) is 30.3 Å². The molecule has 0 saturated carbocycles. The van der Waals surface area contributed by atoms with Gasteiger partial charge in [-0.1, -0.05) is 30.3 Å². The first-order valence-electron chi connectivity index (χ1n) is 4.55. The Labute approximate surface area is 87.7 Å². The van der Waals surface area contributed by atoms with Gasteiger partial charge in [-0.2, -0.15) is 0 Å². The van der Waals surface area contributed by atoms with Gasteiger partial charge < -0.3 is 20.4 Å². The Morgan fingerprint density at radius 3 is 2.40 bits per heavy atom. The summed E-state index contributed by atoms with van der Waals surface area (Å²) in [6.45, 7) is 0. The predicted molar refractivity (Wildman–Crippen MR) is 55.2 cm³/mol. The molecule has 0 fully saturated rings. The van der Waals surface area contributed by atoms with Crippen LogP contribution in [0.1, 0.15) is 5.56 Å². The molecule has 1 rings (SSSR count). The molecule has 2 atom stereocenters. The average molecular weight is 207 g/mol. The van der Waals surface area contributed by atoms with Crippen molar-refractivity contribution in [2.45, 2.75) is 18.1 Å². The summed E-state index contributed by atoms with van der Waals surface area (Å²) < 4.78 is 0. The molecule has 0 aromatic heterocycles. The Kier molecular flexibility index (Phi) is 3.71. The summed E-state index contributed by atoms with van der Waals surface area (Å²) in [5.41, 5.74) is 4.89. The summed E-state index contributed by atoms with van der Waals surface area (Å²) >= 11 is 0. The van der Waals surface area contributed by atoms with Crippen molar-refractivity contribution < 1.29 is 14.7 Å². The zero-order chi connectivity index (χ0) is 11.3. The molecule has 0 heterocycles. The topological polar surface area (TPSA) is 80.4 Å². The zero-order valence-electron chi connectivity index (χ0n) is 8.17. The van der Waals surface area contributed by atoms with Gasteiger partial charge in [-0.25, -0.2) is 0 Å². The van der Waals surface area contributed by atoms with Crippen LogP contribution in [-0.2, 0) is 16.0 Å². The van der Waals surface area contributed by atoms with E-state index in [1.807, 2.05) is 6.07 Å². The lowest BCUT2D eigenvalue weighted by Gasteiger charge is -2.25. The van der Waals surface area contributed by atoms with Gasteiger partial charge in [-0.05, 0) is 5.56 Å². The maximum absolute atomic E-state index is 10.8. The van der Waals surface area contributed by atoms with Gasteiger partial charge in [0.15, 0.2) is 6.29 Å². The van der Waals surface area contributed by atoms with Gasteiger partial charge in [-0.3, -0.25) is 0 Å². The maximum atomic E-state index is 10.8. The standard InChI is InChI=1S/C11H13NO3/c12-11(8-14,10(15)7-13)6-9-4-2-1-3-5-9/h1-5,7-8,10,15H,6,12H2. The second-order valence-corrected chi connectivity index (χ2v) is 3.47. The lowest BCUT2D eigenvalue weighted by Crippen LogP contribution is -2.55. The minimum Gasteiger partial charge on any atom is -0.383 e. The fraction of sp³-hybridized carbons (Fsp3) is 0.273. The highest BCUT2D eigenvalue weighted by Gasteiger charge is 2.33. The van der Waals surface area contributed by atoms with Gasteiger partial charge in [-0.15, -0.1) is 0 Å². The van der Waals surface area contributed by atoms with Crippen LogP contribution in [0.3, 0.4) is 0 Å². The van der Waals surface area contributed by atoms with E-state index in [1.54, 1.807) is 24.3 Å². The van der Waals surface area contributed by atoms with Crippen molar-refractivity contribution in [3.05, 3.63) is 35.9 Å². The fourth-order valence-corrected chi connectivity index (χ4v) is 1.29. The van der Waals surface area contributed by atoms with E-state index in [0.717, 1.165) is 5.56 Å². The number of carbonyl (C=O) groups is 2. The number of hydrogen-bond donors (Lipinski definition) is 2. The Balaban J connectivity index is 2.86. The van der Waals surface area contributed by atoms with Crippen LogP contribution in [0, 0.1) is 0 Å². The first kappa shape index (κ1) is 11.6. The summed E-state index contributed by atoms with van der Waals surface area (Å²) in [7, 11) is 0. The molecule has 0 amide bonds. The van der Waals surface area contributed by atoms with Gasteiger partial charge in [0.1, 0.15) is 17.9 Å². The second-order valence-electron chi connectivity index (χ2n) is 3.47. The molecule has 0 saturated heterocycles. The molecule has 1 aromatic carbocycles. The molecule has 0 aliphatic heterocycles. The second kappa shape index (κ2) is 4.82. The fourth-order valence-electron chi connectivity index (χ4n) is 1.29. The SMILES string of the molecule is NC(C=O)(Cc1ccccc1)C(O)C=O. The Bertz CT molecular complexity index is 339. The number of benzene rings is 1. The molecule has 2 unspecified atom stereocenters. The number of aliphatic hydroxyl groups excluding tert-OH is 1. The summed E-state index contributed by atoms with van der Waals surface area (Å²) in [6, 6.07) is 8.99. The lowest BCUT2D eigenvalue weighted by molar-refractivity contribution is -0.125.